The quantitative estimate of drug-likeness (QED) is 0.0169. The SMILES string of the molecule is CC/C=C\C/C=C\C/C=C\CCCCCCCCCC(=O)OCC(COP(=O)(O)OCC(O)COP(=O)(O)OCC(COC(=O)CCCCCCC/C=C\CCCCCCCC)OC(=O)CCCCCCC/C=C\CCCCCCCC)OC(=O)CCCCCCCCCCCCCCC. The summed E-state index contributed by atoms with van der Waals surface area (Å²) < 4.78 is 68.6. The highest BCUT2D eigenvalue weighted by Gasteiger charge is 2.30. The minimum atomic E-state index is -4.97. The molecule has 0 aliphatic carbocycles. The second kappa shape index (κ2) is 74.0. The van der Waals surface area contributed by atoms with E-state index in [-0.39, 0.29) is 25.7 Å². The number of rotatable bonds is 77. The number of unbranched alkanes of at least 4 members (excludes halogenated alkanes) is 41. The minimum Gasteiger partial charge on any atom is -0.462 e. The van der Waals surface area contributed by atoms with E-state index in [9.17, 15) is 43.2 Å². The molecule has 5 unspecified atom stereocenters. The van der Waals surface area contributed by atoms with Gasteiger partial charge < -0.3 is 33.8 Å². The Labute approximate surface area is 610 Å². The molecular formula is C81H148O17P2. The highest BCUT2D eigenvalue weighted by Crippen LogP contribution is 2.45. The summed E-state index contributed by atoms with van der Waals surface area (Å²) in [6.45, 7) is 4.80. The Hall–Kier alpha value is -3.24. The number of ether oxygens (including phenoxy) is 4. The van der Waals surface area contributed by atoms with Gasteiger partial charge in [0.25, 0.3) is 0 Å². The Bertz CT molecular complexity index is 2130. The van der Waals surface area contributed by atoms with Crippen molar-refractivity contribution in [2.45, 2.75) is 393 Å². The molecule has 0 aliphatic heterocycles. The Balaban J connectivity index is 5.32. The van der Waals surface area contributed by atoms with Gasteiger partial charge in [-0.05, 0) is 109 Å². The number of hydrogen-bond donors (Lipinski definition) is 3. The van der Waals surface area contributed by atoms with Gasteiger partial charge >= 0.3 is 39.5 Å². The van der Waals surface area contributed by atoms with Crippen LogP contribution in [0, 0.1) is 0 Å². The van der Waals surface area contributed by atoms with Gasteiger partial charge in [-0.2, -0.15) is 0 Å². The molecule has 0 saturated carbocycles. The standard InChI is InChI=1S/C81H148O17P2/c1-5-9-13-17-21-25-29-33-36-37-40-43-46-50-54-58-62-66-79(84)92-71-76(97-80(85)67-63-59-55-51-47-41-32-28-24-20-16-12-8-4)73-95-99(87,88)93-69-75(82)70-94-100(89,90)96-74-77(98-81(86)68-64-60-56-52-48-44-39-35-31-27-23-19-15-11-7-3)72-91-78(83)65-61-57-53-49-45-42-38-34-30-26-22-18-14-10-6-2/h9,13,21,25,33-36,38-39,75-77,82H,5-8,10-12,14-20,22-24,26-32,37,40-74H2,1-4H3,(H,87,88)(H,89,90)/b13-9-,25-21-,36-33-,38-34-,39-35-. The number of hydrogen-bond acceptors (Lipinski definition) is 15. The van der Waals surface area contributed by atoms with Crippen LogP contribution in [0.25, 0.3) is 0 Å². The summed E-state index contributed by atoms with van der Waals surface area (Å²) in [4.78, 5) is 73.0. The molecule has 0 amide bonds. The first-order valence-electron chi connectivity index (χ1n) is 40.5. The van der Waals surface area contributed by atoms with Crippen molar-refractivity contribution in [3.63, 3.8) is 0 Å². The highest BCUT2D eigenvalue weighted by molar-refractivity contribution is 7.47. The average molecular weight is 1460 g/mol. The average Bonchev–Trinajstić information content (AvgIpc) is 0.965. The molecule has 0 aliphatic rings. The van der Waals surface area contributed by atoms with Gasteiger partial charge in [-0.1, -0.05) is 300 Å². The van der Waals surface area contributed by atoms with Crippen molar-refractivity contribution < 1.29 is 80.2 Å². The Morgan fingerprint density at radius 3 is 0.810 bits per heavy atom. The molecule has 584 valence electrons. The highest BCUT2D eigenvalue weighted by atomic mass is 31.2. The van der Waals surface area contributed by atoms with Gasteiger partial charge in [0.2, 0.25) is 0 Å². The first-order valence-corrected chi connectivity index (χ1v) is 43.5. The molecule has 17 nitrogen and oxygen atoms in total. The third-order valence-corrected chi connectivity index (χ3v) is 19.4. The Morgan fingerprint density at radius 2 is 0.520 bits per heavy atom. The largest absolute Gasteiger partial charge is 0.472 e. The van der Waals surface area contributed by atoms with E-state index in [1.807, 2.05) is 0 Å². The fraction of sp³-hybridized carbons (Fsp3) is 0.827. The van der Waals surface area contributed by atoms with Gasteiger partial charge in [-0.25, -0.2) is 9.13 Å². The fourth-order valence-electron chi connectivity index (χ4n) is 11.3. The van der Waals surface area contributed by atoms with Crippen LogP contribution in [0.5, 0.6) is 0 Å². The molecule has 0 spiro atoms. The van der Waals surface area contributed by atoms with E-state index in [1.54, 1.807) is 0 Å². The predicted molar refractivity (Wildman–Crippen MR) is 409 cm³/mol. The van der Waals surface area contributed by atoms with Gasteiger partial charge in [0.15, 0.2) is 12.2 Å². The zero-order valence-electron chi connectivity index (χ0n) is 63.9. The zero-order chi connectivity index (χ0) is 73.2. The lowest BCUT2D eigenvalue weighted by Crippen LogP contribution is -2.30. The summed E-state index contributed by atoms with van der Waals surface area (Å²) in [5.74, 6) is -2.17. The molecule has 0 aromatic rings. The first kappa shape index (κ1) is 96.8. The zero-order valence-corrected chi connectivity index (χ0v) is 65.7. The molecule has 0 saturated heterocycles. The van der Waals surface area contributed by atoms with E-state index in [0.717, 1.165) is 167 Å². The molecule has 0 aromatic carbocycles. The fourth-order valence-corrected chi connectivity index (χ4v) is 12.9. The molecule has 0 rings (SSSR count). The van der Waals surface area contributed by atoms with Crippen LogP contribution in [0.3, 0.4) is 0 Å². The number of carbonyl (C=O) groups excluding carboxylic acids is 4. The van der Waals surface area contributed by atoms with Crippen molar-refractivity contribution in [1.82, 2.24) is 0 Å². The van der Waals surface area contributed by atoms with Crippen molar-refractivity contribution in [2.24, 2.45) is 0 Å². The monoisotopic (exact) mass is 1460 g/mol. The van der Waals surface area contributed by atoms with Gasteiger partial charge in [0, 0.05) is 25.7 Å². The van der Waals surface area contributed by atoms with Crippen molar-refractivity contribution in [1.29, 1.82) is 0 Å². The molecule has 100 heavy (non-hydrogen) atoms. The van der Waals surface area contributed by atoms with Crippen LogP contribution in [0.15, 0.2) is 60.8 Å². The van der Waals surface area contributed by atoms with Crippen molar-refractivity contribution >= 4 is 39.5 Å². The third-order valence-electron chi connectivity index (χ3n) is 17.5. The van der Waals surface area contributed by atoms with Crippen molar-refractivity contribution in [3.05, 3.63) is 60.8 Å². The molecule has 0 bridgehead atoms. The molecule has 5 atom stereocenters. The normalized spacial score (nSPS) is 14.2. The summed E-state index contributed by atoms with van der Waals surface area (Å²) >= 11 is 0. The van der Waals surface area contributed by atoms with Gasteiger partial charge in [-0.15, -0.1) is 0 Å². The summed E-state index contributed by atoms with van der Waals surface area (Å²) in [5, 5.41) is 10.6. The molecule has 19 heteroatoms. The number of phosphoric acid groups is 2. The molecule has 3 N–H and O–H groups in total. The first-order chi connectivity index (χ1) is 48.7. The summed E-state index contributed by atoms with van der Waals surface area (Å²) in [7, 11) is -9.94. The van der Waals surface area contributed by atoms with Crippen LogP contribution in [-0.4, -0.2) is 96.7 Å². The summed E-state index contributed by atoms with van der Waals surface area (Å²) in [5.41, 5.74) is 0. The second-order valence-electron chi connectivity index (χ2n) is 27.3. The number of phosphoric ester groups is 2. The van der Waals surface area contributed by atoms with E-state index in [1.165, 1.54) is 128 Å². The second-order valence-corrected chi connectivity index (χ2v) is 30.2. The number of aliphatic hydroxyl groups excluding tert-OH is 1. The van der Waals surface area contributed by atoms with E-state index in [4.69, 9.17) is 37.0 Å². The third kappa shape index (κ3) is 73.1. The number of esters is 4. The van der Waals surface area contributed by atoms with E-state index in [2.05, 4.69) is 88.5 Å². The smallest absolute Gasteiger partial charge is 0.462 e. The minimum absolute atomic E-state index is 0.0883. The lowest BCUT2D eigenvalue weighted by atomic mass is 10.0. The van der Waals surface area contributed by atoms with E-state index >= 15 is 0 Å². The van der Waals surface area contributed by atoms with E-state index in [0.29, 0.717) is 25.7 Å². The molecule has 0 radical (unpaired) electrons. The van der Waals surface area contributed by atoms with E-state index < -0.39 is 97.5 Å². The summed E-state index contributed by atoms with van der Waals surface area (Å²) in [6, 6.07) is 0. The van der Waals surface area contributed by atoms with Crippen LogP contribution < -0.4 is 0 Å². The van der Waals surface area contributed by atoms with Crippen LogP contribution in [-0.2, 0) is 65.4 Å². The Morgan fingerprint density at radius 1 is 0.290 bits per heavy atom. The Kier molecular flexibility index (Phi) is 71.6. The van der Waals surface area contributed by atoms with Crippen molar-refractivity contribution in [3.8, 4) is 0 Å². The molecular weight excluding hydrogens is 1310 g/mol. The van der Waals surface area contributed by atoms with Gasteiger partial charge in [-0.3, -0.25) is 37.3 Å². The maximum absolute atomic E-state index is 13.1. The van der Waals surface area contributed by atoms with Crippen LogP contribution in [0.1, 0.15) is 374 Å². The van der Waals surface area contributed by atoms with Crippen molar-refractivity contribution in [2.75, 3.05) is 39.6 Å². The number of aliphatic hydroxyl groups is 1. The van der Waals surface area contributed by atoms with Gasteiger partial charge in [0.05, 0.1) is 26.4 Å². The maximum Gasteiger partial charge on any atom is 0.472 e. The molecule has 0 heterocycles. The molecule has 0 fully saturated rings. The predicted octanol–water partition coefficient (Wildman–Crippen LogP) is 23.5. The number of allylic oxidation sites excluding steroid dienone is 10. The molecule has 0 aromatic heterocycles. The van der Waals surface area contributed by atoms with Gasteiger partial charge in [0.1, 0.15) is 19.3 Å². The van der Waals surface area contributed by atoms with Crippen LogP contribution >= 0.6 is 15.6 Å². The summed E-state index contributed by atoms with van der Waals surface area (Å²) in [6.07, 6.45) is 73.3. The topological polar surface area (TPSA) is 237 Å². The van der Waals surface area contributed by atoms with Crippen LogP contribution in [0.2, 0.25) is 0 Å². The van der Waals surface area contributed by atoms with Crippen LogP contribution in [0.4, 0.5) is 0 Å². The lowest BCUT2D eigenvalue weighted by Gasteiger charge is -2.21. The maximum atomic E-state index is 13.1. The number of carbonyl (C=O) groups is 4. The lowest BCUT2D eigenvalue weighted by molar-refractivity contribution is -0.161.